The Hall–Kier alpha value is -3.14. The van der Waals surface area contributed by atoms with Gasteiger partial charge in [-0.05, 0) is 54.0 Å². The molecule has 0 atom stereocenters. The number of H-pyrrole nitrogens is 1. The van der Waals surface area contributed by atoms with Gasteiger partial charge in [0.05, 0.1) is 0 Å². The first kappa shape index (κ1) is 15.1. The van der Waals surface area contributed by atoms with Gasteiger partial charge in [-0.25, -0.2) is 0 Å². The van der Waals surface area contributed by atoms with Crippen molar-refractivity contribution >= 4 is 27.5 Å². The maximum absolute atomic E-state index is 12.6. The van der Waals surface area contributed by atoms with Crippen LogP contribution in [0.3, 0.4) is 0 Å². The number of pyridine rings is 1. The average Bonchev–Trinajstić information content (AvgIpc) is 3.45. The number of hydrogen-bond acceptors (Lipinski definition) is 3. The van der Waals surface area contributed by atoms with E-state index in [-0.39, 0.29) is 12.4 Å². The van der Waals surface area contributed by atoms with Crippen LogP contribution < -0.4 is 4.74 Å². The molecule has 0 aliphatic heterocycles. The van der Waals surface area contributed by atoms with Crippen LogP contribution in [0.1, 0.15) is 34.7 Å². The van der Waals surface area contributed by atoms with Crippen LogP contribution in [-0.4, -0.2) is 22.4 Å². The van der Waals surface area contributed by atoms with Crippen molar-refractivity contribution < 1.29 is 9.53 Å². The number of hydrogen-bond donors (Lipinski definition) is 1. The molecule has 1 aliphatic carbocycles. The molecule has 0 amide bonds. The second-order valence-corrected chi connectivity index (χ2v) is 6.88. The molecule has 0 spiro atoms. The van der Waals surface area contributed by atoms with Gasteiger partial charge in [-0.3, -0.25) is 9.78 Å². The Kier molecular flexibility index (Phi) is 3.49. The minimum absolute atomic E-state index is 0.0170. The van der Waals surface area contributed by atoms with Gasteiger partial charge in [0.2, 0.25) is 5.78 Å². The Labute approximate surface area is 150 Å². The van der Waals surface area contributed by atoms with E-state index >= 15 is 0 Å². The number of nitrogens with one attached hydrogen (secondary N) is 1. The molecule has 128 valence electrons. The van der Waals surface area contributed by atoms with Crippen molar-refractivity contribution in [3.05, 3.63) is 72.2 Å². The number of ether oxygens (including phenoxy) is 1. The summed E-state index contributed by atoms with van der Waals surface area (Å²) in [4.78, 5) is 20.0. The molecule has 2 aromatic carbocycles. The monoisotopic (exact) mass is 342 g/mol. The van der Waals surface area contributed by atoms with Crippen molar-refractivity contribution in [1.82, 2.24) is 9.97 Å². The quantitative estimate of drug-likeness (QED) is 0.527. The molecule has 5 rings (SSSR count). The van der Waals surface area contributed by atoms with E-state index in [0.717, 1.165) is 21.7 Å². The zero-order valence-electron chi connectivity index (χ0n) is 14.2. The summed E-state index contributed by atoms with van der Waals surface area (Å²) in [6.07, 6.45) is 7.89. The Balaban J connectivity index is 1.35. The highest BCUT2D eigenvalue weighted by molar-refractivity contribution is 6.08. The first-order valence-corrected chi connectivity index (χ1v) is 8.89. The van der Waals surface area contributed by atoms with Crippen LogP contribution in [0.15, 0.2) is 61.1 Å². The number of nitrogens with zero attached hydrogens (tertiary/aromatic N) is 1. The van der Waals surface area contributed by atoms with Crippen molar-refractivity contribution in [2.45, 2.75) is 18.8 Å². The van der Waals surface area contributed by atoms with Crippen molar-refractivity contribution in [2.75, 3.05) is 6.61 Å². The minimum atomic E-state index is -0.0262. The van der Waals surface area contributed by atoms with E-state index in [1.54, 1.807) is 18.6 Å². The van der Waals surface area contributed by atoms with Crippen LogP contribution in [0, 0.1) is 0 Å². The fourth-order valence-corrected chi connectivity index (χ4v) is 3.42. The number of Topliss-reactive ketones (excluding diaryl/α,β-unsaturated/α-hetero) is 1. The van der Waals surface area contributed by atoms with Gasteiger partial charge in [-0.15, -0.1) is 0 Å². The third-order valence-corrected chi connectivity index (χ3v) is 5.04. The molecule has 4 nitrogen and oxygen atoms in total. The summed E-state index contributed by atoms with van der Waals surface area (Å²) in [6.45, 7) is 0.0170. The van der Waals surface area contributed by atoms with Crippen LogP contribution in [0.25, 0.3) is 21.7 Å². The molecule has 1 aliphatic rings. The van der Waals surface area contributed by atoms with Crippen LogP contribution in [0.2, 0.25) is 0 Å². The Bertz CT molecular complexity index is 1130. The van der Waals surface area contributed by atoms with Gasteiger partial charge in [-0.2, -0.15) is 0 Å². The number of carbonyl (C=O) groups is 1. The lowest BCUT2D eigenvalue weighted by atomic mass is 10.1. The predicted octanol–water partition coefficient (Wildman–Crippen LogP) is 4.86. The molecule has 1 saturated carbocycles. The molecular formula is C22H18N2O2. The first-order chi connectivity index (χ1) is 12.8. The smallest absolute Gasteiger partial charge is 0.202 e. The zero-order valence-corrected chi connectivity index (χ0v) is 14.2. The van der Waals surface area contributed by atoms with Crippen LogP contribution in [0.5, 0.6) is 5.75 Å². The number of benzene rings is 2. The van der Waals surface area contributed by atoms with E-state index in [1.807, 2.05) is 24.3 Å². The topological polar surface area (TPSA) is 55.0 Å². The van der Waals surface area contributed by atoms with Crippen molar-refractivity contribution in [3.63, 3.8) is 0 Å². The average molecular weight is 342 g/mol. The number of aromatic nitrogens is 2. The maximum Gasteiger partial charge on any atom is 0.202 e. The largest absolute Gasteiger partial charge is 0.485 e. The lowest BCUT2D eigenvalue weighted by Gasteiger charge is -2.06. The van der Waals surface area contributed by atoms with E-state index in [2.05, 4.69) is 28.2 Å². The van der Waals surface area contributed by atoms with Gasteiger partial charge in [0.25, 0.3) is 0 Å². The van der Waals surface area contributed by atoms with Gasteiger partial charge in [0.15, 0.2) is 6.61 Å². The van der Waals surface area contributed by atoms with E-state index in [9.17, 15) is 4.79 Å². The maximum atomic E-state index is 12.6. The molecule has 0 radical (unpaired) electrons. The Morgan fingerprint density at radius 1 is 1.12 bits per heavy atom. The van der Waals surface area contributed by atoms with Crippen LogP contribution in [-0.2, 0) is 0 Å². The summed E-state index contributed by atoms with van der Waals surface area (Å²) in [5.41, 5.74) is 3.07. The first-order valence-electron chi connectivity index (χ1n) is 8.89. The molecule has 0 unspecified atom stereocenters. The second kappa shape index (κ2) is 5.99. The van der Waals surface area contributed by atoms with Crippen LogP contribution in [0.4, 0.5) is 0 Å². The molecule has 2 heterocycles. The highest BCUT2D eigenvalue weighted by atomic mass is 16.5. The summed E-state index contributed by atoms with van der Waals surface area (Å²) in [6, 6.07) is 14.1. The van der Waals surface area contributed by atoms with E-state index in [4.69, 9.17) is 4.74 Å². The lowest BCUT2D eigenvalue weighted by Crippen LogP contribution is -2.11. The summed E-state index contributed by atoms with van der Waals surface area (Å²) in [7, 11) is 0. The van der Waals surface area contributed by atoms with Crippen molar-refractivity contribution in [3.8, 4) is 5.75 Å². The zero-order chi connectivity index (χ0) is 17.5. The lowest BCUT2D eigenvalue weighted by molar-refractivity contribution is 0.0923. The van der Waals surface area contributed by atoms with E-state index in [0.29, 0.717) is 17.2 Å². The number of carbonyl (C=O) groups excluding carboxylic acids is 1. The minimum Gasteiger partial charge on any atom is -0.485 e. The molecule has 1 fully saturated rings. The van der Waals surface area contributed by atoms with E-state index in [1.165, 1.54) is 18.4 Å². The molecule has 0 bridgehead atoms. The normalized spacial score (nSPS) is 14.0. The summed E-state index contributed by atoms with van der Waals surface area (Å²) < 4.78 is 5.73. The van der Waals surface area contributed by atoms with E-state index < -0.39 is 0 Å². The van der Waals surface area contributed by atoms with Gasteiger partial charge in [0, 0.05) is 40.4 Å². The molecule has 4 heteroatoms. The van der Waals surface area contributed by atoms with Gasteiger partial charge >= 0.3 is 0 Å². The summed E-state index contributed by atoms with van der Waals surface area (Å²) in [5.74, 6) is 1.35. The third-order valence-electron chi connectivity index (χ3n) is 5.04. The number of aromatic amines is 1. The molecule has 1 N–H and O–H groups in total. The van der Waals surface area contributed by atoms with Gasteiger partial charge in [0.1, 0.15) is 5.75 Å². The molecule has 0 saturated heterocycles. The number of rotatable bonds is 5. The Morgan fingerprint density at radius 2 is 2.04 bits per heavy atom. The SMILES string of the molecule is O=C(COc1ccc2ccncc2c1)c1c[nH]c2cc(C3CC3)ccc12. The molecular weight excluding hydrogens is 324 g/mol. The van der Waals surface area contributed by atoms with Crippen molar-refractivity contribution in [1.29, 1.82) is 0 Å². The second-order valence-electron chi connectivity index (χ2n) is 6.88. The number of fused-ring (bicyclic) bond motifs is 2. The molecule has 2 aromatic heterocycles. The molecule has 26 heavy (non-hydrogen) atoms. The van der Waals surface area contributed by atoms with Gasteiger partial charge < -0.3 is 9.72 Å². The van der Waals surface area contributed by atoms with Gasteiger partial charge in [-0.1, -0.05) is 18.2 Å². The summed E-state index contributed by atoms with van der Waals surface area (Å²) >= 11 is 0. The fourth-order valence-electron chi connectivity index (χ4n) is 3.42. The Morgan fingerprint density at radius 3 is 2.92 bits per heavy atom. The highest BCUT2D eigenvalue weighted by Gasteiger charge is 2.24. The standard InChI is InChI=1S/C22H18N2O2/c25-22(13-26-18-5-3-15-7-8-23-11-17(15)9-18)20-12-24-21-10-16(14-1-2-14)4-6-19(20)21/h3-12,14,24H,1-2,13H2. The molecule has 4 aromatic rings. The highest BCUT2D eigenvalue weighted by Crippen LogP contribution is 2.41. The fraction of sp³-hybridized carbons (Fsp3) is 0.182. The predicted molar refractivity (Wildman–Crippen MR) is 102 cm³/mol. The summed E-state index contributed by atoms with van der Waals surface area (Å²) in [5, 5.41) is 3.06. The van der Waals surface area contributed by atoms with Crippen LogP contribution >= 0.6 is 0 Å². The van der Waals surface area contributed by atoms with Crippen molar-refractivity contribution in [2.24, 2.45) is 0 Å². The third kappa shape index (κ3) is 2.73. The number of ketones is 1.